The largest absolute Gasteiger partial charge is 0.480 e. The Bertz CT molecular complexity index is 1610. The SMILES string of the molecule is COc1ncnc(C2CC2)c1-c1ncc2cc(-c3ncco3)n(S(=O)(=O)c3ccccc3)c2n1. The Hall–Kier alpha value is -4.12. The third-order valence-electron chi connectivity index (χ3n) is 5.65. The number of fused-ring (bicyclic) bond motifs is 1. The fourth-order valence-electron chi connectivity index (χ4n) is 3.94. The summed E-state index contributed by atoms with van der Waals surface area (Å²) in [7, 11) is -2.53. The first kappa shape index (κ1) is 20.5. The van der Waals surface area contributed by atoms with E-state index in [0.29, 0.717) is 16.8 Å². The van der Waals surface area contributed by atoms with Crippen LogP contribution >= 0.6 is 0 Å². The standard InChI is InChI=1S/C23H18N6O4S/c1-32-23-18(19(14-7-8-14)26-13-27-23)20-25-12-15-11-17(22-24-9-10-33-22)29(21(15)28-20)34(30,31)16-5-3-2-4-6-16/h2-6,9-14H,7-8H2,1H3. The molecular formula is C23H18N6O4S. The Morgan fingerprint density at radius 3 is 2.62 bits per heavy atom. The van der Waals surface area contributed by atoms with Gasteiger partial charge in [-0.3, -0.25) is 0 Å². The van der Waals surface area contributed by atoms with E-state index < -0.39 is 10.0 Å². The van der Waals surface area contributed by atoms with Gasteiger partial charge in [-0.2, -0.15) is 0 Å². The van der Waals surface area contributed by atoms with Crippen LogP contribution in [0.1, 0.15) is 24.5 Å². The maximum absolute atomic E-state index is 13.8. The lowest BCUT2D eigenvalue weighted by Gasteiger charge is -2.12. The zero-order chi connectivity index (χ0) is 23.3. The summed E-state index contributed by atoms with van der Waals surface area (Å²) in [6.45, 7) is 0. The minimum absolute atomic E-state index is 0.111. The third-order valence-corrected chi connectivity index (χ3v) is 7.37. The summed E-state index contributed by atoms with van der Waals surface area (Å²) in [6.07, 6.45) is 7.88. The second kappa shape index (κ2) is 7.73. The van der Waals surface area contributed by atoms with Crippen molar-refractivity contribution in [2.45, 2.75) is 23.7 Å². The van der Waals surface area contributed by atoms with Crippen molar-refractivity contribution in [2.24, 2.45) is 0 Å². The summed E-state index contributed by atoms with van der Waals surface area (Å²) in [5, 5.41) is 0.514. The molecule has 1 aliphatic rings. The molecule has 4 heterocycles. The maximum atomic E-state index is 13.8. The van der Waals surface area contributed by atoms with E-state index in [1.165, 1.54) is 38.0 Å². The molecule has 0 saturated heterocycles. The van der Waals surface area contributed by atoms with Crippen LogP contribution in [0.5, 0.6) is 5.88 Å². The third kappa shape index (κ3) is 3.24. The first-order valence-electron chi connectivity index (χ1n) is 10.6. The fraction of sp³-hybridized carbons (Fsp3) is 0.174. The van der Waals surface area contributed by atoms with Crippen LogP contribution in [0.3, 0.4) is 0 Å². The van der Waals surface area contributed by atoms with E-state index in [2.05, 4.69) is 19.9 Å². The van der Waals surface area contributed by atoms with Gasteiger partial charge in [0.2, 0.25) is 11.8 Å². The molecular weight excluding hydrogens is 456 g/mol. The van der Waals surface area contributed by atoms with Gasteiger partial charge in [0.1, 0.15) is 23.8 Å². The van der Waals surface area contributed by atoms with Gasteiger partial charge in [-0.25, -0.2) is 37.3 Å². The van der Waals surface area contributed by atoms with Crippen molar-refractivity contribution in [2.75, 3.05) is 7.11 Å². The molecule has 10 nitrogen and oxygen atoms in total. The van der Waals surface area contributed by atoms with Crippen LogP contribution in [-0.4, -0.2) is 44.4 Å². The average Bonchev–Trinajstić information content (AvgIpc) is 3.42. The van der Waals surface area contributed by atoms with Crippen LogP contribution in [0.15, 0.2) is 70.7 Å². The number of rotatable bonds is 6. The molecule has 0 spiro atoms. The van der Waals surface area contributed by atoms with Gasteiger partial charge in [0.25, 0.3) is 10.0 Å². The molecule has 34 heavy (non-hydrogen) atoms. The van der Waals surface area contributed by atoms with Gasteiger partial charge in [0.15, 0.2) is 11.5 Å². The maximum Gasteiger partial charge on any atom is 0.270 e. The summed E-state index contributed by atoms with van der Waals surface area (Å²) in [5.74, 6) is 1.05. The Morgan fingerprint density at radius 2 is 1.91 bits per heavy atom. The molecule has 11 heteroatoms. The predicted octanol–water partition coefficient (Wildman–Crippen LogP) is 3.67. The average molecular weight is 475 g/mol. The van der Waals surface area contributed by atoms with Crippen LogP contribution in [0, 0.1) is 0 Å². The summed E-state index contributed by atoms with van der Waals surface area (Å²) in [5.41, 5.74) is 1.80. The predicted molar refractivity (Wildman–Crippen MR) is 122 cm³/mol. The number of methoxy groups -OCH3 is 1. The molecule has 1 fully saturated rings. The van der Waals surface area contributed by atoms with E-state index in [1.54, 1.807) is 30.5 Å². The number of oxazole rings is 1. The second-order valence-corrected chi connectivity index (χ2v) is 9.63. The second-order valence-electron chi connectivity index (χ2n) is 7.84. The van der Waals surface area contributed by atoms with Crippen LogP contribution in [0.4, 0.5) is 0 Å². The monoisotopic (exact) mass is 474 g/mol. The summed E-state index contributed by atoms with van der Waals surface area (Å²) in [6, 6.07) is 9.79. The van der Waals surface area contributed by atoms with E-state index in [-0.39, 0.29) is 33.9 Å². The van der Waals surface area contributed by atoms with E-state index >= 15 is 0 Å². The number of nitrogens with zero attached hydrogens (tertiary/aromatic N) is 6. The van der Waals surface area contributed by atoms with Gasteiger partial charge in [0, 0.05) is 17.5 Å². The number of hydrogen-bond acceptors (Lipinski definition) is 9. The summed E-state index contributed by atoms with van der Waals surface area (Å²) >= 11 is 0. The highest BCUT2D eigenvalue weighted by molar-refractivity contribution is 7.90. The molecule has 0 radical (unpaired) electrons. The van der Waals surface area contributed by atoms with Crippen molar-refractivity contribution >= 4 is 21.1 Å². The number of ether oxygens (including phenoxy) is 1. The fourth-order valence-corrected chi connectivity index (χ4v) is 5.42. The molecule has 5 aromatic rings. The molecule has 0 bridgehead atoms. The van der Waals surface area contributed by atoms with E-state index in [1.807, 2.05) is 0 Å². The smallest absolute Gasteiger partial charge is 0.270 e. The van der Waals surface area contributed by atoms with Crippen molar-refractivity contribution in [3.8, 4) is 28.9 Å². The van der Waals surface area contributed by atoms with Gasteiger partial charge in [0.05, 0.1) is 23.9 Å². The quantitative estimate of drug-likeness (QED) is 0.362. The molecule has 0 aliphatic heterocycles. The number of aromatic nitrogens is 6. The highest BCUT2D eigenvalue weighted by atomic mass is 32.2. The molecule has 0 amide bonds. The molecule has 4 aromatic heterocycles. The van der Waals surface area contributed by atoms with Gasteiger partial charge in [-0.1, -0.05) is 18.2 Å². The van der Waals surface area contributed by atoms with Crippen LogP contribution in [0.2, 0.25) is 0 Å². The van der Waals surface area contributed by atoms with Crippen molar-refractivity contribution in [3.05, 3.63) is 67.1 Å². The molecule has 1 aromatic carbocycles. The number of hydrogen-bond donors (Lipinski definition) is 0. The van der Waals surface area contributed by atoms with Crippen LogP contribution in [-0.2, 0) is 10.0 Å². The van der Waals surface area contributed by atoms with Gasteiger partial charge >= 0.3 is 0 Å². The molecule has 1 aliphatic carbocycles. The first-order valence-corrected chi connectivity index (χ1v) is 12.0. The van der Waals surface area contributed by atoms with Crippen molar-refractivity contribution in [1.29, 1.82) is 0 Å². The molecule has 170 valence electrons. The molecule has 0 N–H and O–H groups in total. The molecule has 6 rings (SSSR count). The normalized spacial score (nSPS) is 13.9. The van der Waals surface area contributed by atoms with Gasteiger partial charge < -0.3 is 9.15 Å². The lowest BCUT2D eigenvalue weighted by molar-refractivity contribution is 0.397. The van der Waals surface area contributed by atoms with Crippen molar-refractivity contribution in [1.82, 2.24) is 28.9 Å². The Morgan fingerprint density at radius 1 is 1.09 bits per heavy atom. The first-order chi connectivity index (χ1) is 16.6. The highest BCUT2D eigenvalue weighted by Crippen LogP contribution is 2.45. The van der Waals surface area contributed by atoms with Crippen LogP contribution < -0.4 is 4.74 Å². The molecule has 1 saturated carbocycles. The van der Waals surface area contributed by atoms with E-state index in [4.69, 9.17) is 14.1 Å². The lowest BCUT2D eigenvalue weighted by atomic mass is 10.1. The topological polar surface area (TPSA) is 126 Å². The van der Waals surface area contributed by atoms with Crippen molar-refractivity contribution in [3.63, 3.8) is 0 Å². The summed E-state index contributed by atoms with van der Waals surface area (Å²) < 4.78 is 39.6. The van der Waals surface area contributed by atoms with Crippen LogP contribution in [0.25, 0.3) is 34.0 Å². The zero-order valence-corrected chi connectivity index (χ0v) is 18.8. The molecule has 0 atom stereocenters. The minimum atomic E-state index is -4.04. The van der Waals surface area contributed by atoms with Gasteiger partial charge in [-0.05, 0) is 31.0 Å². The molecule has 0 unspecified atom stereocenters. The summed E-state index contributed by atoms with van der Waals surface area (Å²) in [4.78, 5) is 22.2. The highest BCUT2D eigenvalue weighted by Gasteiger charge is 2.32. The Kier molecular flexibility index (Phi) is 4.66. The lowest BCUT2D eigenvalue weighted by Crippen LogP contribution is -2.15. The zero-order valence-electron chi connectivity index (χ0n) is 18.0. The van der Waals surface area contributed by atoms with Gasteiger partial charge in [-0.15, -0.1) is 0 Å². The van der Waals surface area contributed by atoms with E-state index in [0.717, 1.165) is 22.5 Å². The minimum Gasteiger partial charge on any atom is -0.480 e. The van der Waals surface area contributed by atoms with Crippen molar-refractivity contribution < 1.29 is 17.6 Å². The number of benzene rings is 1. The van der Waals surface area contributed by atoms with E-state index in [9.17, 15) is 8.42 Å². The Labute approximate surface area is 194 Å². The Balaban J connectivity index is 1.65.